The lowest BCUT2D eigenvalue weighted by Crippen LogP contribution is -2.30. The number of nitrogens with zero attached hydrogens (tertiary/aromatic N) is 1. The van der Waals surface area contributed by atoms with Crippen LogP contribution in [0.25, 0.3) is 0 Å². The Bertz CT molecular complexity index is 446. The second-order valence-electron chi connectivity index (χ2n) is 4.75. The summed E-state index contributed by atoms with van der Waals surface area (Å²) in [6.07, 6.45) is 2.52. The maximum absolute atomic E-state index is 10.9. The number of hydrogen-bond acceptors (Lipinski definition) is 3. The quantitative estimate of drug-likeness (QED) is 0.822. The number of nitrogens with one attached hydrogen (secondary N) is 1. The maximum atomic E-state index is 10.9. The van der Waals surface area contributed by atoms with Crippen molar-refractivity contribution in [3.8, 4) is 0 Å². The number of halogens is 1. The first-order valence-corrected chi connectivity index (χ1v) is 6.45. The van der Waals surface area contributed by atoms with Gasteiger partial charge in [-0.15, -0.1) is 0 Å². The Hall–Kier alpha value is -1.26. The first-order chi connectivity index (χ1) is 8.56. The lowest BCUT2D eigenvalue weighted by molar-refractivity contribution is -0.116. The Morgan fingerprint density at radius 2 is 2.28 bits per heavy atom. The van der Waals surface area contributed by atoms with Crippen LogP contribution in [-0.2, 0) is 11.3 Å². The van der Waals surface area contributed by atoms with Crippen molar-refractivity contribution >= 4 is 23.2 Å². The number of anilines is 1. The summed E-state index contributed by atoms with van der Waals surface area (Å²) < 4.78 is 0. The summed E-state index contributed by atoms with van der Waals surface area (Å²) in [5.41, 5.74) is 7.14. The topological polar surface area (TPSA) is 58.4 Å². The van der Waals surface area contributed by atoms with Crippen molar-refractivity contribution in [2.75, 3.05) is 18.5 Å². The smallest absolute Gasteiger partial charge is 0.236 e. The molecule has 0 atom stereocenters. The van der Waals surface area contributed by atoms with Crippen molar-refractivity contribution < 1.29 is 4.79 Å². The number of amides is 1. The molecule has 0 saturated heterocycles. The van der Waals surface area contributed by atoms with Crippen LogP contribution in [0.1, 0.15) is 18.4 Å². The van der Waals surface area contributed by atoms with Gasteiger partial charge in [-0.25, -0.2) is 0 Å². The molecule has 1 fully saturated rings. The summed E-state index contributed by atoms with van der Waals surface area (Å²) in [5.74, 6) is -0.354. The van der Waals surface area contributed by atoms with E-state index in [9.17, 15) is 4.79 Å². The van der Waals surface area contributed by atoms with Crippen LogP contribution < -0.4 is 16.0 Å². The van der Waals surface area contributed by atoms with Gasteiger partial charge in [-0.05, 0) is 30.5 Å². The zero-order valence-corrected chi connectivity index (χ0v) is 11.2. The molecule has 1 aromatic carbocycles. The van der Waals surface area contributed by atoms with E-state index >= 15 is 0 Å². The zero-order chi connectivity index (χ0) is 13.1. The molecule has 3 N–H and O–H groups in total. The second kappa shape index (κ2) is 5.59. The summed E-state index contributed by atoms with van der Waals surface area (Å²) in [6.45, 7) is 0.985. The molecule has 1 aliphatic rings. The van der Waals surface area contributed by atoms with E-state index in [2.05, 4.69) is 5.32 Å². The SMILES string of the molecule is CN(CC(N)=O)c1ccc(CNC2CC2)c(Cl)c1. The third-order valence-corrected chi connectivity index (χ3v) is 3.38. The number of nitrogens with two attached hydrogens (primary N) is 1. The predicted molar refractivity (Wildman–Crippen MR) is 73.8 cm³/mol. The summed E-state index contributed by atoms with van der Waals surface area (Å²) in [5, 5.41) is 4.14. The highest BCUT2D eigenvalue weighted by molar-refractivity contribution is 6.31. The third kappa shape index (κ3) is 3.62. The van der Waals surface area contributed by atoms with E-state index in [0.717, 1.165) is 22.8 Å². The van der Waals surface area contributed by atoms with E-state index in [1.165, 1.54) is 12.8 Å². The molecule has 2 rings (SSSR count). The fourth-order valence-electron chi connectivity index (χ4n) is 1.78. The van der Waals surface area contributed by atoms with Gasteiger partial charge in [-0.3, -0.25) is 4.79 Å². The maximum Gasteiger partial charge on any atom is 0.236 e. The molecule has 0 radical (unpaired) electrons. The van der Waals surface area contributed by atoms with Crippen LogP contribution in [0.15, 0.2) is 18.2 Å². The van der Waals surface area contributed by atoms with E-state index in [4.69, 9.17) is 17.3 Å². The third-order valence-electron chi connectivity index (χ3n) is 3.03. The van der Waals surface area contributed by atoms with E-state index in [-0.39, 0.29) is 12.5 Å². The van der Waals surface area contributed by atoms with Gasteiger partial charge in [0.2, 0.25) is 5.91 Å². The molecule has 0 unspecified atom stereocenters. The van der Waals surface area contributed by atoms with Gasteiger partial charge in [-0.1, -0.05) is 17.7 Å². The van der Waals surface area contributed by atoms with Crippen LogP contribution in [0.4, 0.5) is 5.69 Å². The number of benzene rings is 1. The van der Waals surface area contributed by atoms with E-state index in [0.29, 0.717) is 6.04 Å². The molecule has 1 amide bonds. The molecule has 5 heteroatoms. The van der Waals surface area contributed by atoms with E-state index in [1.54, 1.807) is 4.90 Å². The highest BCUT2D eigenvalue weighted by Crippen LogP contribution is 2.25. The Morgan fingerprint density at radius 3 is 2.83 bits per heavy atom. The molecular weight excluding hydrogens is 250 g/mol. The van der Waals surface area contributed by atoms with Gasteiger partial charge in [0.05, 0.1) is 6.54 Å². The van der Waals surface area contributed by atoms with Crippen molar-refractivity contribution in [2.45, 2.75) is 25.4 Å². The van der Waals surface area contributed by atoms with E-state index in [1.807, 2.05) is 25.2 Å². The van der Waals surface area contributed by atoms with Crippen LogP contribution >= 0.6 is 11.6 Å². The van der Waals surface area contributed by atoms with Crippen molar-refractivity contribution in [2.24, 2.45) is 5.73 Å². The van der Waals surface area contributed by atoms with Crippen molar-refractivity contribution in [3.05, 3.63) is 28.8 Å². The molecule has 1 aliphatic carbocycles. The molecular formula is C13H18ClN3O. The lowest BCUT2D eigenvalue weighted by atomic mass is 10.2. The Kier molecular flexibility index (Phi) is 4.09. The van der Waals surface area contributed by atoms with Gasteiger partial charge in [-0.2, -0.15) is 0 Å². The average Bonchev–Trinajstić information content (AvgIpc) is 3.10. The minimum Gasteiger partial charge on any atom is -0.368 e. The minimum absolute atomic E-state index is 0.190. The fourth-order valence-corrected chi connectivity index (χ4v) is 2.03. The first kappa shape index (κ1) is 13.2. The number of carbonyl (C=O) groups excluding carboxylic acids is 1. The molecule has 0 aromatic heterocycles. The Labute approximate surface area is 112 Å². The van der Waals surface area contributed by atoms with Gasteiger partial charge in [0, 0.05) is 30.3 Å². The van der Waals surface area contributed by atoms with Crippen LogP contribution in [0.2, 0.25) is 5.02 Å². The Balaban J connectivity index is 2.00. The zero-order valence-electron chi connectivity index (χ0n) is 10.4. The molecule has 0 aliphatic heterocycles. The summed E-state index contributed by atoms with van der Waals surface area (Å²) >= 11 is 6.23. The summed E-state index contributed by atoms with van der Waals surface area (Å²) in [4.78, 5) is 12.6. The molecule has 1 aromatic rings. The molecule has 4 nitrogen and oxygen atoms in total. The van der Waals surface area contributed by atoms with Gasteiger partial charge < -0.3 is 16.0 Å². The van der Waals surface area contributed by atoms with Crippen LogP contribution in [-0.4, -0.2) is 25.5 Å². The predicted octanol–water partition coefficient (Wildman–Crippen LogP) is 1.51. The van der Waals surface area contributed by atoms with Gasteiger partial charge >= 0.3 is 0 Å². The number of rotatable bonds is 6. The van der Waals surface area contributed by atoms with Crippen LogP contribution in [0.5, 0.6) is 0 Å². The Morgan fingerprint density at radius 1 is 1.56 bits per heavy atom. The molecule has 1 saturated carbocycles. The molecule has 98 valence electrons. The monoisotopic (exact) mass is 267 g/mol. The fraction of sp³-hybridized carbons (Fsp3) is 0.462. The number of likely N-dealkylation sites (N-methyl/N-ethyl adjacent to an activating group) is 1. The van der Waals surface area contributed by atoms with Crippen molar-refractivity contribution in [1.82, 2.24) is 5.32 Å². The first-order valence-electron chi connectivity index (χ1n) is 6.07. The molecule has 0 heterocycles. The molecule has 18 heavy (non-hydrogen) atoms. The standard InChI is InChI=1S/C13H18ClN3O/c1-17(8-13(15)18)11-5-2-9(12(14)6-11)7-16-10-3-4-10/h2,5-6,10,16H,3-4,7-8H2,1H3,(H2,15,18). The van der Waals surface area contributed by atoms with Crippen LogP contribution in [0.3, 0.4) is 0 Å². The number of carbonyl (C=O) groups is 1. The van der Waals surface area contributed by atoms with E-state index < -0.39 is 0 Å². The molecule has 0 bridgehead atoms. The summed E-state index contributed by atoms with van der Waals surface area (Å²) in [6, 6.07) is 6.48. The van der Waals surface area contributed by atoms with Gasteiger partial charge in [0.25, 0.3) is 0 Å². The van der Waals surface area contributed by atoms with Crippen molar-refractivity contribution in [3.63, 3.8) is 0 Å². The van der Waals surface area contributed by atoms with Crippen molar-refractivity contribution in [1.29, 1.82) is 0 Å². The second-order valence-corrected chi connectivity index (χ2v) is 5.16. The number of primary amides is 1. The van der Waals surface area contributed by atoms with Crippen LogP contribution in [0, 0.1) is 0 Å². The summed E-state index contributed by atoms with van der Waals surface area (Å²) in [7, 11) is 1.82. The minimum atomic E-state index is -0.354. The lowest BCUT2D eigenvalue weighted by Gasteiger charge is -2.18. The number of hydrogen-bond donors (Lipinski definition) is 2. The highest BCUT2D eigenvalue weighted by atomic mass is 35.5. The van der Waals surface area contributed by atoms with Gasteiger partial charge in [0.15, 0.2) is 0 Å². The molecule has 0 spiro atoms. The van der Waals surface area contributed by atoms with Gasteiger partial charge in [0.1, 0.15) is 0 Å². The average molecular weight is 268 g/mol. The highest BCUT2D eigenvalue weighted by Gasteiger charge is 2.20. The normalized spacial score (nSPS) is 14.6. The largest absolute Gasteiger partial charge is 0.368 e.